The van der Waals surface area contributed by atoms with Gasteiger partial charge in [0.1, 0.15) is 0 Å². The molecule has 1 saturated carbocycles. The van der Waals surface area contributed by atoms with Crippen LogP contribution < -0.4 is 10.6 Å². The summed E-state index contributed by atoms with van der Waals surface area (Å²) < 4.78 is 41.1. The molecule has 2 atom stereocenters. The monoisotopic (exact) mass is 360 g/mol. The fourth-order valence-corrected chi connectivity index (χ4v) is 3.95. The van der Waals surface area contributed by atoms with E-state index in [1.54, 1.807) is 6.07 Å². The summed E-state index contributed by atoms with van der Waals surface area (Å²) in [6.45, 7) is 1.96. The Kier molecular flexibility index (Phi) is 4.76. The van der Waals surface area contributed by atoms with Crippen LogP contribution in [0.3, 0.4) is 0 Å². The van der Waals surface area contributed by atoms with Gasteiger partial charge in [-0.05, 0) is 55.1 Å². The predicted molar refractivity (Wildman–Crippen MR) is 97.1 cm³/mol. The molecule has 4 rings (SSSR count). The summed E-state index contributed by atoms with van der Waals surface area (Å²) in [6, 6.07) is 14.6. The SMILES string of the molecule is FC(F)(F)c1cc(-c2ccccc2)ccc1[C@H]1C[C@@H]1NC1CCNCC1. The van der Waals surface area contributed by atoms with Gasteiger partial charge in [0, 0.05) is 18.0 Å². The van der Waals surface area contributed by atoms with Gasteiger partial charge in [-0.3, -0.25) is 0 Å². The highest BCUT2D eigenvalue weighted by molar-refractivity contribution is 5.65. The second-order valence-corrected chi connectivity index (χ2v) is 7.31. The summed E-state index contributed by atoms with van der Waals surface area (Å²) in [6.07, 6.45) is -1.45. The minimum absolute atomic E-state index is 0.0358. The zero-order chi connectivity index (χ0) is 18.1. The molecule has 138 valence electrons. The first-order valence-corrected chi connectivity index (χ1v) is 9.26. The Balaban J connectivity index is 1.56. The number of alkyl halides is 3. The fourth-order valence-electron chi connectivity index (χ4n) is 3.95. The molecule has 1 aliphatic carbocycles. The summed E-state index contributed by atoms with van der Waals surface area (Å²) in [5.41, 5.74) is 1.37. The maximum Gasteiger partial charge on any atom is 0.416 e. The Hall–Kier alpha value is -1.85. The minimum atomic E-state index is -4.33. The highest BCUT2D eigenvalue weighted by atomic mass is 19.4. The van der Waals surface area contributed by atoms with Crippen molar-refractivity contribution < 1.29 is 13.2 Å². The summed E-state index contributed by atoms with van der Waals surface area (Å²) in [5.74, 6) is -0.0358. The second kappa shape index (κ2) is 7.05. The maximum absolute atomic E-state index is 13.7. The number of halogens is 3. The second-order valence-electron chi connectivity index (χ2n) is 7.31. The molecule has 1 saturated heterocycles. The largest absolute Gasteiger partial charge is 0.416 e. The van der Waals surface area contributed by atoms with E-state index in [2.05, 4.69) is 10.6 Å². The van der Waals surface area contributed by atoms with E-state index in [9.17, 15) is 13.2 Å². The molecular weight excluding hydrogens is 337 g/mol. The molecule has 0 radical (unpaired) electrons. The normalized spacial score (nSPS) is 23.8. The molecule has 26 heavy (non-hydrogen) atoms. The van der Waals surface area contributed by atoms with Gasteiger partial charge in [0.05, 0.1) is 5.56 Å². The van der Waals surface area contributed by atoms with Gasteiger partial charge in [0.15, 0.2) is 0 Å². The van der Waals surface area contributed by atoms with E-state index in [0.29, 0.717) is 17.2 Å². The van der Waals surface area contributed by atoms with Crippen LogP contribution in [0.2, 0.25) is 0 Å². The lowest BCUT2D eigenvalue weighted by atomic mass is 9.96. The molecule has 0 amide bonds. The van der Waals surface area contributed by atoms with Gasteiger partial charge in [-0.25, -0.2) is 0 Å². The van der Waals surface area contributed by atoms with E-state index in [-0.39, 0.29) is 12.0 Å². The van der Waals surface area contributed by atoms with Crippen molar-refractivity contribution in [2.24, 2.45) is 0 Å². The quantitative estimate of drug-likeness (QED) is 0.835. The minimum Gasteiger partial charge on any atom is -0.317 e. The number of hydrogen-bond acceptors (Lipinski definition) is 2. The highest BCUT2D eigenvalue weighted by Crippen LogP contribution is 2.47. The van der Waals surface area contributed by atoms with Gasteiger partial charge in [-0.1, -0.05) is 42.5 Å². The molecule has 0 bridgehead atoms. The molecule has 0 aromatic heterocycles. The summed E-state index contributed by atoms with van der Waals surface area (Å²) in [5, 5.41) is 6.87. The van der Waals surface area contributed by atoms with E-state index in [0.717, 1.165) is 37.9 Å². The van der Waals surface area contributed by atoms with Crippen molar-refractivity contribution in [2.45, 2.75) is 43.4 Å². The van der Waals surface area contributed by atoms with Crippen LogP contribution >= 0.6 is 0 Å². The van der Waals surface area contributed by atoms with Crippen LogP contribution in [0, 0.1) is 0 Å². The molecule has 2 N–H and O–H groups in total. The van der Waals surface area contributed by atoms with Crippen molar-refractivity contribution in [3.8, 4) is 11.1 Å². The number of benzene rings is 2. The van der Waals surface area contributed by atoms with Crippen molar-refractivity contribution in [1.29, 1.82) is 0 Å². The smallest absolute Gasteiger partial charge is 0.317 e. The maximum atomic E-state index is 13.7. The van der Waals surface area contributed by atoms with Gasteiger partial charge in [-0.2, -0.15) is 13.2 Å². The molecule has 2 aliphatic rings. The Bertz CT molecular complexity index is 752. The Labute approximate surface area is 151 Å². The van der Waals surface area contributed by atoms with Crippen LogP contribution in [0.4, 0.5) is 13.2 Å². The van der Waals surface area contributed by atoms with Crippen molar-refractivity contribution in [3.63, 3.8) is 0 Å². The van der Waals surface area contributed by atoms with Gasteiger partial charge >= 0.3 is 6.18 Å². The van der Waals surface area contributed by atoms with Crippen LogP contribution in [-0.4, -0.2) is 25.2 Å². The van der Waals surface area contributed by atoms with Crippen molar-refractivity contribution in [1.82, 2.24) is 10.6 Å². The molecule has 0 spiro atoms. The van der Waals surface area contributed by atoms with Crippen LogP contribution in [0.5, 0.6) is 0 Å². The molecule has 5 heteroatoms. The zero-order valence-corrected chi connectivity index (χ0v) is 14.5. The van der Waals surface area contributed by atoms with E-state index < -0.39 is 11.7 Å². The predicted octanol–water partition coefficient (Wildman–Crippen LogP) is 4.57. The molecular formula is C21H23F3N2. The third-order valence-corrected chi connectivity index (χ3v) is 5.44. The first-order chi connectivity index (χ1) is 12.5. The fraction of sp³-hybridized carbons (Fsp3) is 0.429. The van der Waals surface area contributed by atoms with Gasteiger partial charge < -0.3 is 10.6 Å². The van der Waals surface area contributed by atoms with Crippen molar-refractivity contribution in [2.75, 3.05) is 13.1 Å². The zero-order valence-electron chi connectivity index (χ0n) is 14.5. The lowest BCUT2D eigenvalue weighted by molar-refractivity contribution is -0.138. The molecule has 2 fully saturated rings. The van der Waals surface area contributed by atoms with E-state index >= 15 is 0 Å². The number of hydrogen-bond donors (Lipinski definition) is 2. The van der Waals surface area contributed by atoms with E-state index in [1.807, 2.05) is 36.4 Å². The molecule has 2 nitrogen and oxygen atoms in total. The first kappa shape index (κ1) is 17.6. The Morgan fingerprint density at radius 1 is 0.923 bits per heavy atom. The lowest BCUT2D eigenvalue weighted by Gasteiger charge is -2.24. The van der Waals surface area contributed by atoms with Crippen LogP contribution in [0.15, 0.2) is 48.5 Å². The van der Waals surface area contributed by atoms with Crippen molar-refractivity contribution in [3.05, 3.63) is 59.7 Å². The molecule has 1 aliphatic heterocycles. The molecule has 1 heterocycles. The van der Waals surface area contributed by atoms with Crippen molar-refractivity contribution >= 4 is 0 Å². The third kappa shape index (κ3) is 3.79. The third-order valence-electron chi connectivity index (χ3n) is 5.44. The summed E-state index contributed by atoms with van der Waals surface area (Å²) in [7, 11) is 0. The van der Waals surface area contributed by atoms with Gasteiger partial charge in [0.25, 0.3) is 0 Å². The molecule has 0 unspecified atom stereocenters. The number of nitrogens with one attached hydrogen (secondary N) is 2. The average molecular weight is 360 g/mol. The lowest BCUT2D eigenvalue weighted by Crippen LogP contribution is -2.41. The number of piperidine rings is 1. The molecule has 2 aromatic rings. The topological polar surface area (TPSA) is 24.1 Å². The van der Waals surface area contributed by atoms with Crippen LogP contribution in [0.25, 0.3) is 11.1 Å². The van der Waals surface area contributed by atoms with Gasteiger partial charge in [0.2, 0.25) is 0 Å². The van der Waals surface area contributed by atoms with Crippen LogP contribution in [0.1, 0.15) is 36.3 Å². The Morgan fingerprint density at radius 3 is 2.35 bits per heavy atom. The number of rotatable bonds is 4. The Morgan fingerprint density at radius 2 is 1.65 bits per heavy atom. The van der Waals surface area contributed by atoms with E-state index in [4.69, 9.17) is 0 Å². The standard InChI is InChI=1S/C21H23F3N2/c22-21(23,24)19-12-15(14-4-2-1-3-5-14)6-7-17(19)18-13-20(18)26-16-8-10-25-11-9-16/h1-7,12,16,18,20,25-26H,8-11,13H2/t18-,20+/m1/s1. The average Bonchev–Trinajstić information content (AvgIpc) is 3.41. The van der Waals surface area contributed by atoms with Gasteiger partial charge in [-0.15, -0.1) is 0 Å². The summed E-state index contributed by atoms with van der Waals surface area (Å²) in [4.78, 5) is 0. The van der Waals surface area contributed by atoms with Crippen LogP contribution in [-0.2, 0) is 6.18 Å². The first-order valence-electron chi connectivity index (χ1n) is 9.26. The molecule has 2 aromatic carbocycles. The highest BCUT2D eigenvalue weighted by Gasteiger charge is 2.45. The van der Waals surface area contributed by atoms with E-state index in [1.165, 1.54) is 6.07 Å². The summed E-state index contributed by atoms with van der Waals surface area (Å²) >= 11 is 0.